The van der Waals surface area contributed by atoms with Crippen LogP contribution in [0.25, 0.3) is 0 Å². The quantitative estimate of drug-likeness (QED) is 0.904. The van der Waals surface area contributed by atoms with Crippen molar-refractivity contribution in [2.75, 3.05) is 5.32 Å². The summed E-state index contributed by atoms with van der Waals surface area (Å²) in [5.74, 6) is -1.99. The predicted octanol–water partition coefficient (Wildman–Crippen LogP) is 2.23. The molecule has 0 aliphatic heterocycles. The topological polar surface area (TPSA) is 84.2 Å². The molecule has 0 fully saturated rings. The molecule has 0 radical (unpaired) electrons. The highest BCUT2D eigenvalue weighted by molar-refractivity contribution is 6.03. The molecule has 1 aromatic carbocycles. The number of carbonyl (C=O) groups excluding carboxylic acids is 1. The number of hydrogen-bond donors (Lipinski definition) is 2. The van der Waals surface area contributed by atoms with Gasteiger partial charge in [-0.1, -0.05) is 0 Å². The smallest absolute Gasteiger partial charge is 0.328 e. The molecular weight excluding hydrogens is 277 g/mol. The molecule has 0 aliphatic rings. The van der Waals surface area contributed by atoms with E-state index in [2.05, 4.69) is 10.4 Å². The molecule has 0 aliphatic carbocycles. The number of aromatic nitrogens is 2. The number of carboxylic acid groups (broad SMARTS) is 1. The van der Waals surface area contributed by atoms with Crippen molar-refractivity contribution in [2.45, 2.75) is 19.9 Å². The van der Waals surface area contributed by atoms with Gasteiger partial charge in [-0.2, -0.15) is 5.10 Å². The predicted molar refractivity (Wildman–Crippen MR) is 73.7 cm³/mol. The van der Waals surface area contributed by atoms with Crippen molar-refractivity contribution in [3.63, 3.8) is 0 Å². The SMILES string of the molecule is Cc1cc(F)ccc1NC(=O)c1ccnn1C(C)C(=O)O. The summed E-state index contributed by atoms with van der Waals surface area (Å²) in [7, 11) is 0. The molecule has 0 spiro atoms. The van der Waals surface area contributed by atoms with E-state index in [1.165, 1.54) is 37.4 Å². The number of hydrogen-bond acceptors (Lipinski definition) is 3. The van der Waals surface area contributed by atoms with Crippen LogP contribution in [-0.4, -0.2) is 26.8 Å². The molecule has 1 unspecified atom stereocenters. The normalized spacial score (nSPS) is 12.0. The van der Waals surface area contributed by atoms with Gasteiger partial charge < -0.3 is 10.4 Å². The van der Waals surface area contributed by atoms with Gasteiger partial charge in [0.25, 0.3) is 5.91 Å². The first-order valence-electron chi connectivity index (χ1n) is 6.24. The Morgan fingerprint density at radius 2 is 2.10 bits per heavy atom. The first-order valence-corrected chi connectivity index (χ1v) is 6.24. The third-order valence-electron chi connectivity index (χ3n) is 3.06. The lowest BCUT2D eigenvalue weighted by atomic mass is 10.2. The Bertz CT molecular complexity index is 697. The zero-order valence-corrected chi connectivity index (χ0v) is 11.5. The van der Waals surface area contributed by atoms with E-state index in [4.69, 9.17) is 5.11 Å². The second kappa shape index (κ2) is 5.74. The van der Waals surface area contributed by atoms with Crippen LogP contribution in [0.15, 0.2) is 30.5 Å². The van der Waals surface area contributed by atoms with Gasteiger partial charge in [0.2, 0.25) is 0 Å². The van der Waals surface area contributed by atoms with Gasteiger partial charge in [-0.15, -0.1) is 0 Å². The van der Waals surface area contributed by atoms with E-state index in [0.29, 0.717) is 11.3 Å². The number of aliphatic carboxylic acids is 1. The molecule has 1 amide bonds. The fourth-order valence-electron chi connectivity index (χ4n) is 1.86. The van der Waals surface area contributed by atoms with Crippen molar-refractivity contribution >= 4 is 17.6 Å². The summed E-state index contributed by atoms with van der Waals surface area (Å²) in [4.78, 5) is 23.2. The third-order valence-corrected chi connectivity index (χ3v) is 3.06. The van der Waals surface area contributed by atoms with Crippen LogP contribution in [0.1, 0.15) is 29.0 Å². The molecule has 1 aromatic heterocycles. The van der Waals surface area contributed by atoms with Gasteiger partial charge in [0, 0.05) is 11.9 Å². The van der Waals surface area contributed by atoms with Crippen LogP contribution < -0.4 is 5.32 Å². The Kier molecular flexibility index (Phi) is 4.02. The van der Waals surface area contributed by atoms with Crippen LogP contribution in [0.5, 0.6) is 0 Å². The number of amides is 1. The molecule has 1 atom stereocenters. The van der Waals surface area contributed by atoms with Crippen LogP contribution in [0.4, 0.5) is 10.1 Å². The number of carboxylic acids is 1. The summed E-state index contributed by atoms with van der Waals surface area (Å²) in [6, 6.07) is 4.44. The molecule has 2 rings (SSSR count). The summed E-state index contributed by atoms with van der Waals surface area (Å²) in [6.45, 7) is 3.09. The first kappa shape index (κ1) is 14.7. The molecule has 21 heavy (non-hydrogen) atoms. The van der Waals surface area contributed by atoms with E-state index in [1.807, 2.05) is 0 Å². The van der Waals surface area contributed by atoms with Gasteiger partial charge >= 0.3 is 5.97 Å². The van der Waals surface area contributed by atoms with Crippen LogP contribution in [0.2, 0.25) is 0 Å². The Morgan fingerprint density at radius 3 is 2.71 bits per heavy atom. The summed E-state index contributed by atoms with van der Waals surface area (Å²) in [5.41, 5.74) is 1.14. The minimum atomic E-state index is -1.09. The first-order chi connectivity index (χ1) is 9.90. The van der Waals surface area contributed by atoms with Crippen LogP contribution >= 0.6 is 0 Å². The Balaban J connectivity index is 2.25. The number of anilines is 1. The summed E-state index contributed by atoms with van der Waals surface area (Å²) in [5, 5.41) is 15.5. The highest BCUT2D eigenvalue weighted by atomic mass is 19.1. The summed E-state index contributed by atoms with van der Waals surface area (Å²) < 4.78 is 14.1. The molecule has 6 nitrogen and oxygen atoms in total. The Labute approximate surface area is 120 Å². The summed E-state index contributed by atoms with van der Waals surface area (Å²) >= 11 is 0. The van der Waals surface area contributed by atoms with Crippen molar-refractivity contribution in [1.82, 2.24) is 9.78 Å². The van der Waals surface area contributed by atoms with Crippen LogP contribution in [-0.2, 0) is 4.79 Å². The number of halogens is 1. The third kappa shape index (κ3) is 3.07. The zero-order chi connectivity index (χ0) is 15.6. The zero-order valence-electron chi connectivity index (χ0n) is 11.5. The van der Waals surface area contributed by atoms with Gasteiger partial charge in [-0.05, 0) is 43.7 Å². The van der Waals surface area contributed by atoms with E-state index in [-0.39, 0.29) is 5.69 Å². The van der Waals surface area contributed by atoms with E-state index in [9.17, 15) is 14.0 Å². The van der Waals surface area contributed by atoms with Crippen molar-refractivity contribution in [3.05, 3.63) is 47.5 Å². The number of aryl methyl sites for hydroxylation is 1. The lowest BCUT2D eigenvalue weighted by molar-refractivity contribution is -0.140. The average molecular weight is 291 g/mol. The fraction of sp³-hybridized carbons (Fsp3) is 0.214. The van der Waals surface area contributed by atoms with Crippen molar-refractivity contribution in [2.24, 2.45) is 0 Å². The van der Waals surface area contributed by atoms with Gasteiger partial charge in [0.1, 0.15) is 17.6 Å². The van der Waals surface area contributed by atoms with E-state index < -0.39 is 23.7 Å². The molecule has 1 heterocycles. The molecular formula is C14H14FN3O3. The number of carbonyl (C=O) groups is 2. The lowest BCUT2D eigenvalue weighted by Crippen LogP contribution is -2.24. The number of benzene rings is 1. The number of rotatable bonds is 4. The molecule has 2 aromatic rings. The maximum absolute atomic E-state index is 13.0. The second-order valence-electron chi connectivity index (χ2n) is 4.59. The Morgan fingerprint density at radius 1 is 1.38 bits per heavy atom. The minimum Gasteiger partial charge on any atom is -0.480 e. The maximum Gasteiger partial charge on any atom is 0.328 e. The molecule has 2 N–H and O–H groups in total. The molecule has 110 valence electrons. The largest absolute Gasteiger partial charge is 0.480 e. The van der Waals surface area contributed by atoms with Gasteiger partial charge in [-0.3, -0.25) is 4.79 Å². The highest BCUT2D eigenvalue weighted by Crippen LogP contribution is 2.17. The summed E-state index contributed by atoms with van der Waals surface area (Å²) in [6.07, 6.45) is 1.35. The fourth-order valence-corrected chi connectivity index (χ4v) is 1.86. The van der Waals surface area contributed by atoms with Gasteiger partial charge in [0.15, 0.2) is 0 Å². The Hall–Kier alpha value is -2.70. The van der Waals surface area contributed by atoms with Crippen molar-refractivity contribution in [3.8, 4) is 0 Å². The molecule has 0 saturated carbocycles. The van der Waals surface area contributed by atoms with Crippen LogP contribution in [0.3, 0.4) is 0 Å². The van der Waals surface area contributed by atoms with E-state index in [0.717, 1.165) is 4.68 Å². The molecule has 7 heteroatoms. The molecule has 0 bridgehead atoms. The lowest BCUT2D eigenvalue weighted by Gasteiger charge is -2.12. The van der Waals surface area contributed by atoms with Gasteiger partial charge in [-0.25, -0.2) is 13.9 Å². The van der Waals surface area contributed by atoms with E-state index in [1.54, 1.807) is 6.92 Å². The van der Waals surface area contributed by atoms with Crippen molar-refractivity contribution in [1.29, 1.82) is 0 Å². The molecule has 0 saturated heterocycles. The van der Waals surface area contributed by atoms with Crippen LogP contribution in [0, 0.1) is 12.7 Å². The highest BCUT2D eigenvalue weighted by Gasteiger charge is 2.21. The van der Waals surface area contributed by atoms with Crippen molar-refractivity contribution < 1.29 is 19.1 Å². The minimum absolute atomic E-state index is 0.119. The second-order valence-corrected chi connectivity index (χ2v) is 4.59. The maximum atomic E-state index is 13.0. The van der Waals surface area contributed by atoms with E-state index >= 15 is 0 Å². The average Bonchev–Trinajstić information content (AvgIpc) is 2.90. The van der Waals surface area contributed by atoms with Gasteiger partial charge in [0.05, 0.1) is 0 Å². The number of nitrogens with one attached hydrogen (secondary N) is 1. The monoisotopic (exact) mass is 291 g/mol. The number of nitrogens with zero attached hydrogens (tertiary/aromatic N) is 2. The standard InChI is InChI=1S/C14H14FN3O3/c1-8-7-10(15)3-4-11(8)17-13(19)12-5-6-16-18(12)9(2)14(20)21/h3-7,9H,1-2H3,(H,17,19)(H,20,21).